The highest BCUT2D eigenvalue weighted by atomic mass is 14.7. The molecule has 2 saturated carbocycles. The predicted octanol–water partition coefficient (Wildman–Crippen LogP) is 2.85. The molecule has 0 aromatic heterocycles. The summed E-state index contributed by atoms with van der Waals surface area (Å²) in [5.41, 5.74) is 2.32. The van der Waals surface area contributed by atoms with Gasteiger partial charge in [-0.05, 0) is 42.4 Å². The molecular formula is C11H16. The SMILES string of the molecule is CC1=C[C@@H]2C3CC3C1C2(C)C. The quantitative estimate of drug-likeness (QED) is 0.463. The van der Waals surface area contributed by atoms with Gasteiger partial charge in [-0.1, -0.05) is 25.5 Å². The molecule has 0 nitrogen and oxygen atoms in total. The normalized spacial score (nSPS) is 55.7. The van der Waals surface area contributed by atoms with Gasteiger partial charge in [0.05, 0.1) is 0 Å². The van der Waals surface area contributed by atoms with Crippen molar-refractivity contribution in [1.82, 2.24) is 0 Å². The van der Waals surface area contributed by atoms with Crippen molar-refractivity contribution in [2.45, 2.75) is 27.2 Å². The minimum Gasteiger partial charge on any atom is -0.0813 e. The van der Waals surface area contributed by atoms with Crippen LogP contribution in [0.15, 0.2) is 11.6 Å². The summed E-state index contributed by atoms with van der Waals surface area (Å²) >= 11 is 0. The number of fused-ring (bicyclic) bond motifs is 5. The summed E-state index contributed by atoms with van der Waals surface area (Å²) in [7, 11) is 0. The molecule has 0 heterocycles. The predicted molar refractivity (Wildman–Crippen MR) is 46.1 cm³/mol. The fraction of sp³-hybridized carbons (Fsp3) is 0.818. The molecule has 0 aliphatic heterocycles. The van der Waals surface area contributed by atoms with Crippen LogP contribution in [0.4, 0.5) is 0 Å². The maximum atomic E-state index is 2.55. The Morgan fingerprint density at radius 2 is 2.09 bits per heavy atom. The minimum absolute atomic E-state index is 0.623. The van der Waals surface area contributed by atoms with Gasteiger partial charge in [0.15, 0.2) is 0 Å². The van der Waals surface area contributed by atoms with Crippen molar-refractivity contribution < 1.29 is 0 Å². The molecule has 3 rings (SSSR count). The van der Waals surface area contributed by atoms with Crippen molar-refractivity contribution in [3.05, 3.63) is 11.6 Å². The molecule has 11 heavy (non-hydrogen) atoms. The first-order chi connectivity index (χ1) is 5.12. The van der Waals surface area contributed by atoms with E-state index in [1.807, 2.05) is 0 Å². The zero-order valence-corrected chi connectivity index (χ0v) is 7.59. The lowest BCUT2D eigenvalue weighted by Gasteiger charge is -2.28. The highest BCUT2D eigenvalue weighted by Crippen LogP contribution is 2.72. The van der Waals surface area contributed by atoms with Crippen LogP contribution < -0.4 is 0 Å². The van der Waals surface area contributed by atoms with Gasteiger partial charge < -0.3 is 0 Å². The van der Waals surface area contributed by atoms with Gasteiger partial charge in [-0.25, -0.2) is 0 Å². The summed E-state index contributed by atoms with van der Waals surface area (Å²) in [6.07, 6.45) is 4.09. The molecule has 0 amide bonds. The molecular weight excluding hydrogens is 132 g/mol. The second-order valence-electron chi connectivity index (χ2n) is 5.30. The summed E-state index contributed by atoms with van der Waals surface area (Å²) in [4.78, 5) is 0. The molecule has 0 N–H and O–H groups in total. The molecule has 3 unspecified atom stereocenters. The van der Waals surface area contributed by atoms with Crippen molar-refractivity contribution in [3.63, 3.8) is 0 Å². The van der Waals surface area contributed by atoms with E-state index in [4.69, 9.17) is 0 Å². The Labute approximate surface area is 68.7 Å². The highest BCUT2D eigenvalue weighted by Gasteiger charge is 2.65. The molecule has 0 spiro atoms. The highest BCUT2D eigenvalue weighted by molar-refractivity contribution is 5.32. The molecule has 0 radical (unpaired) electrons. The lowest BCUT2D eigenvalue weighted by Crippen LogP contribution is -2.22. The number of allylic oxidation sites excluding steroid dienone is 2. The zero-order valence-electron chi connectivity index (χ0n) is 7.59. The molecule has 2 bridgehead atoms. The van der Waals surface area contributed by atoms with Crippen LogP contribution in [0.3, 0.4) is 0 Å². The van der Waals surface area contributed by atoms with E-state index in [-0.39, 0.29) is 0 Å². The second-order valence-corrected chi connectivity index (χ2v) is 5.30. The van der Waals surface area contributed by atoms with Crippen LogP contribution in [-0.2, 0) is 0 Å². The van der Waals surface area contributed by atoms with Gasteiger partial charge in [-0.15, -0.1) is 0 Å². The van der Waals surface area contributed by atoms with Crippen molar-refractivity contribution in [2.24, 2.45) is 29.1 Å². The van der Waals surface area contributed by atoms with Crippen molar-refractivity contribution in [3.8, 4) is 0 Å². The lowest BCUT2D eigenvalue weighted by atomic mass is 9.76. The van der Waals surface area contributed by atoms with E-state index in [1.54, 1.807) is 5.57 Å². The Balaban J connectivity index is 2.11. The van der Waals surface area contributed by atoms with Gasteiger partial charge in [-0.2, -0.15) is 0 Å². The fourth-order valence-corrected chi connectivity index (χ4v) is 3.99. The van der Waals surface area contributed by atoms with Crippen LogP contribution in [-0.4, -0.2) is 0 Å². The first-order valence-corrected chi connectivity index (χ1v) is 4.80. The van der Waals surface area contributed by atoms with E-state index in [0.29, 0.717) is 5.41 Å². The number of hydrogen-bond acceptors (Lipinski definition) is 0. The van der Waals surface area contributed by atoms with E-state index in [0.717, 1.165) is 23.7 Å². The second kappa shape index (κ2) is 1.44. The maximum absolute atomic E-state index is 2.55. The summed E-state index contributed by atoms with van der Waals surface area (Å²) in [6.45, 7) is 7.25. The molecule has 3 aliphatic rings. The van der Waals surface area contributed by atoms with Crippen molar-refractivity contribution >= 4 is 0 Å². The third kappa shape index (κ3) is 0.513. The minimum atomic E-state index is 0.623. The summed E-state index contributed by atoms with van der Waals surface area (Å²) < 4.78 is 0. The third-order valence-corrected chi connectivity index (χ3v) is 4.37. The van der Waals surface area contributed by atoms with E-state index < -0.39 is 0 Å². The van der Waals surface area contributed by atoms with Gasteiger partial charge in [0.25, 0.3) is 0 Å². The zero-order chi connectivity index (χ0) is 7.80. The smallest absolute Gasteiger partial charge is 0.0117 e. The molecule has 0 aromatic carbocycles. The van der Waals surface area contributed by atoms with Gasteiger partial charge >= 0.3 is 0 Å². The monoisotopic (exact) mass is 148 g/mol. The van der Waals surface area contributed by atoms with Gasteiger partial charge in [0.2, 0.25) is 0 Å². The Kier molecular flexibility index (Phi) is 0.821. The lowest BCUT2D eigenvalue weighted by molar-refractivity contribution is 0.229. The van der Waals surface area contributed by atoms with Crippen molar-refractivity contribution in [2.75, 3.05) is 0 Å². The number of rotatable bonds is 0. The van der Waals surface area contributed by atoms with Crippen LogP contribution >= 0.6 is 0 Å². The molecule has 3 aliphatic carbocycles. The van der Waals surface area contributed by atoms with Crippen LogP contribution in [0, 0.1) is 29.1 Å². The van der Waals surface area contributed by atoms with Crippen molar-refractivity contribution in [1.29, 1.82) is 0 Å². The number of hydrogen-bond donors (Lipinski definition) is 0. The Hall–Kier alpha value is -0.260. The van der Waals surface area contributed by atoms with E-state index in [2.05, 4.69) is 26.8 Å². The topological polar surface area (TPSA) is 0 Å². The van der Waals surface area contributed by atoms with Gasteiger partial charge in [0.1, 0.15) is 0 Å². The summed E-state index contributed by atoms with van der Waals surface area (Å²) in [5.74, 6) is 4.09. The standard InChI is InChI=1S/C11H16/c1-6-4-9-7-5-8(7)10(6)11(9,2)3/h4,7-10H,5H2,1-3H3/t7?,8?,9-,10?/m1/s1. The molecule has 60 valence electrons. The summed E-state index contributed by atoms with van der Waals surface area (Å²) in [6, 6.07) is 0. The molecule has 4 atom stereocenters. The van der Waals surface area contributed by atoms with Crippen LogP contribution in [0.25, 0.3) is 0 Å². The van der Waals surface area contributed by atoms with E-state index in [9.17, 15) is 0 Å². The molecule has 0 saturated heterocycles. The first kappa shape index (κ1) is 6.28. The molecule has 2 fully saturated rings. The van der Waals surface area contributed by atoms with Crippen LogP contribution in [0.2, 0.25) is 0 Å². The van der Waals surface area contributed by atoms with Gasteiger partial charge in [-0.3, -0.25) is 0 Å². The Morgan fingerprint density at radius 3 is 2.55 bits per heavy atom. The average molecular weight is 148 g/mol. The van der Waals surface area contributed by atoms with Gasteiger partial charge in [0, 0.05) is 0 Å². The Morgan fingerprint density at radius 1 is 1.36 bits per heavy atom. The van der Waals surface area contributed by atoms with Crippen LogP contribution in [0.1, 0.15) is 27.2 Å². The average Bonchev–Trinajstić information content (AvgIpc) is 2.55. The van der Waals surface area contributed by atoms with E-state index >= 15 is 0 Å². The first-order valence-electron chi connectivity index (χ1n) is 4.80. The molecule has 0 heteroatoms. The largest absolute Gasteiger partial charge is 0.0813 e. The Bertz CT molecular complexity index is 247. The fourth-order valence-electron chi connectivity index (χ4n) is 3.99. The van der Waals surface area contributed by atoms with E-state index in [1.165, 1.54) is 6.42 Å². The summed E-state index contributed by atoms with van der Waals surface area (Å²) in [5, 5.41) is 0. The third-order valence-electron chi connectivity index (χ3n) is 4.37. The molecule has 0 aromatic rings. The van der Waals surface area contributed by atoms with Crippen LogP contribution in [0.5, 0.6) is 0 Å². The maximum Gasteiger partial charge on any atom is -0.0117 e.